The molecule has 0 spiro atoms. The number of hydrogen-bond acceptors (Lipinski definition) is 7. The maximum atomic E-state index is 11.2. The first kappa shape index (κ1) is 26.9. The number of fused-ring (bicyclic) bond motifs is 1. The van der Waals surface area contributed by atoms with Gasteiger partial charge in [-0.3, -0.25) is 4.79 Å². The van der Waals surface area contributed by atoms with E-state index in [1.807, 2.05) is 42.5 Å². The van der Waals surface area contributed by atoms with Gasteiger partial charge in [0, 0.05) is 31.7 Å². The molecule has 3 aromatic carbocycles. The van der Waals surface area contributed by atoms with Crippen LogP contribution >= 0.6 is 0 Å². The second kappa shape index (κ2) is 12.4. The van der Waals surface area contributed by atoms with Crippen molar-refractivity contribution in [2.75, 3.05) is 39.4 Å². The normalized spacial score (nSPS) is 15.7. The predicted molar refractivity (Wildman–Crippen MR) is 151 cm³/mol. The van der Waals surface area contributed by atoms with Gasteiger partial charge in [-0.2, -0.15) is 0 Å². The Morgan fingerprint density at radius 3 is 2.85 bits per heavy atom. The molecule has 2 heterocycles. The van der Waals surface area contributed by atoms with Gasteiger partial charge in [0.2, 0.25) is 5.89 Å². The van der Waals surface area contributed by atoms with E-state index in [0.29, 0.717) is 32.1 Å². The number of nitrogens with one attached hydrogen (secondary N) is 1. The molecule has 204 valence electrons. The number of benzene rings is 3. The maximum Gasteiger partial charge on any atom is 0.307 e. The summed E-state index contributed by atoms with van der Waals surface area (Å²) in [6, 6.07) is 20.2. The predicted octanol–water partition coefficient (Wildman–Crippen LogP) is 4.73. The van der Waals surface area contributed by atoms with Crippen LogP contribution in [0.25, 0.3) is 33.7 Å². The second-order valence-electron chi connectivity index (χ2n) is 10.1. The minimum absolute atomic E-state index is 0.108. The van der Waals surface area contributed by atoms with Gasteiger partial charge in [-0.15, -0.1) is 0 Å². The average Bonchev–Trinajstić information content (AvgIpc) is 3.59. The fourth-order valence-electron chi connectivity index (χ4n) is 5.13. The van der Waals surface area contributed by atoms with E-state index in [1.54, 1.807) is 0 Å². The number of rotatable bonds is 12. The summed E-state index contributed by atoms with van der Waals surface area (Å²) in [4.78, 5) is 18.1. The van der Waals surface area contributed by atoms with Gasteiger partial charge in [-0.25, -0.2) is 4.98 Å². The highest BCUT2D eigenvalue weighted by atomic mass is 16.5. The highest BCUT2D eigenvalue weighted by molar-refractivity contribution is 5.83. The van der Waals surface area contributed by atoms with Gasteiger partial charge in [0.15, 0.2) is 5.58 Å². The molecule has 0 bridgehead atoms. The van der Waals surface area contributed by atoms with Crippen LogP contribution in [0.4, 0.5) is 0 Å². The largest absolute Gasteiger partial charge is 0.493 e. The molecule has 0 radical (unpaired) electrons. The Bertz CT molecular complexity index is 1430. The van der Waals surface area contributed by atoms with Crippen molar-refractivity contribution in [2.45, 2.75) is 26.3 Å². The summed E-state index contributed by atoms with van der Waals surface area (Å²) in [5.41, 5.74) is 6.71. The van der Waals surface area contributed by atoms with Gasteiger partial charge < -0.3 is 29.6 Å². The summed E-state index contributed by atoms with van der Waals surface area (Å²) in [6.07, 6.45) is 1.57. The molecule has 8 heteroatoms. The molecule has 0 amide bonds. The number of nitrogens with zero attached hydrogens (tertiary/aromatic N) is 2. The number of ether oxygens (including phenoxy) is 1. The zero-order valence-electron chi connectivity index (χ0n) is 22.2. The number of aliphatic hydroxyl groups excluding tert-OH is 1. The Balaban J connectivity index is 1.25. The number of oxazole rings is 1. The lowest BCUT2D eigenvalue weighted by Gasteiger charge is -2.16. The molecule has 1 atom stereocenters. The molecule has 5 rings (SSSR count). The summed E-state index contributed by atoms with van der Waals surface area (Å²) in [6.45, 7) is 6.28. The zero-order valence-corrected chi connectivity index (χ0v) is 22.2. The van der Waals surface area contributed by atoms with E-state index in [4.69, 9.17) is 19.2 Å². The molecule has 1 fully saturated rings. The van der Waals surface area contributed by atoms with Gasteiger partial charge in [0.1, 0.15) is 11.3 Å². The van der Waals surface area contributed by atoms with Crippen LogP contribution in [-0.4, -0.2) is 65.5 Å². The van der Waals surface area contributed by atoms with Gasteiger partial charge in [0.05, 0.1) is 19.1 Å². The topological polar surface area (TPSA) is 108 Å². The third kappa shape index (κ3) is 6.47. The minimum Gasteiger partial charge on any atom is -0.493 e. The van der Waals surface area contributed by atoms with Crippen molar-refractivity contribution in [1.29, 1.82) is 0 Å². The summed E-state index contributed by atoms with van der Waals surface area (Å²) >= 11 is 0. The minimum atomic E-state index is -0.696. The number of carbonyl (C=O) groups is 1. The lowest BCUT2D eigenvalue weighted by atomic mass is 9.99. The van der Waals surface area contributed by atoms with Gasteiger partial charge in [-0.05, 0) is 78.9 Å². The molecule has 3 N–H and O–H groups in total. The number of carboxylic acid groups (broad SMARTS) is 1. The van der Waals surface area contributed by atoms with Crippen LogP contribution < -0.4 is 10.1 Å². The number of likely N-dealkylation sites (tertiary alicyclic amines) is 1. The lowest BCUT2D eigenvalue weighted by Crippen LogP contribution is -2.25. The van der Waals surface area contributed by atoms with Crippen LogP contribution in [-0.2, 0) is 11.3 Å². The fourth-order valence-corrected chi connectivity index (χ4v) is 5.13. The quantitative estimate of drug-likeness (QED) is 0.226. The molecule has 4 aromatic rings. The number of carboxylic acids is 1. The summed E-state index contributed by atoms with van der Waals surface area (Å²) in [7, 11) is 0. The highest BCUT2D eigenvalue weighted by Crippen LogP contribution is 2.33. The molecule has 1 aromatic heterocycles. The van der Waals surface area contributed by atoms with E-state index in [-0.39, 0.29) is 12.5 Å². The molecular weight excluding hydrogens is 494 g/mol. The fraction of sp³-hybridized carbons (Fsp3) is 0.355. The molecule has 1 aliphatic heterocycles. The number of aliphatic carboxylic acids is 1. The van der Waals surface area contributed by atoms with Crippen molar-refractivity contribution in [1.82, 2.24) is 15.2 Å². The van der Waals surface area contributed by atoms with Crippen LogP contribution in [0.3, 0.4) is 0 Å². The molecule has 8 nitrogen and oxygen atoms in total. The van der Waals surface area contributed by atoms with Crippen molar-refractivity contribution in [3.63, 3.8) is 0 Å². The van der Waals surface area contributed by atoms with Crippen LogP contribution in [0.1, 0.15) is 24.0 Å². The van der Waals surface area contributed by atoms with E-state index >= 15 is 0 Å². The Kier molecular flexibility index (Phi) is 8.56. The number of aromatic nitrogens is 1. The number of aliphatic hydroxyl groups is 1. The molecule has 39 heavy (non-hydrogen) atoms. The standard InChI is InChI=1S/C31H35N3O5/c1-21-26(7-3-8-28(21)38-16-4-13-34-14-11-25(20-34)31(36)37)23-9-10-27-29(18-23)39-30(33-27)24-6-2-5-22(17-24)19-32-12-15-35/h2-3,5-10,17-18,25,32,35H,4,11-16,19-20H2,1H3,(H,36,37)/t25-/m0/s1. The third-order valence-electron chi connectivity index (χ3n) is 7.27. The van der Waals surface area contributed by atoms with Crippen LogP contribution in [0.2, 0.25) is 0 Å². The smallest absolute Gasteiger partial charge is 0.307 e. The summed E-state index contributed by atoms with van der Waals surface area (Å²) < 4.78 is 12.3. The molecule has 0 aliphatic carbocycles. The Hall–Kier alpha value is -3.72. The van der Waals surface area contributed by atoms with Gasteiger partial charge in [0.25, 0.3) is 0 Å². The van der Waals surface area contributed by atoms with Crippen molar-refractivity contribution in [3.8, 4) is 28.3 Å². The van der Waals surface area contributed by atoms with Crippen molar-refractivity contribution in [2.24, 2.45) is 5.92 Å². The van der Waals surface area contributed by atoms with Crippen LogP contribution in [0.15, 0.2) is 65.1 Å². The molecule has 0 saturated carbocycles. The molecule has 0 unspecified atom stereocenters. The van der Waals surface area contributed by atoms with Gasteiger partial charge in [-0.1, -0.05) is 30.3 Å². The lowest BCUT2D eigenvalue weighted by molar-refractivity contribution is -0.141. The monoisotopic (exact) mass is 529 g/mol. The Morgan fingerprint density at radius 1 is 1.15 bits per heavy atom. The Labute approximate surface area is 228 Å². The van der Waals surface area contributed by atoms with E-state index in [2.05, 4.69) is 35.3 Å². The highest BCUT2D eigenvalue weighted by Gasteiger charge is 2.27. The number of hydrogen-bond donors (Lipinski definition) is 3. The van der Waals surface area contributed by atoms with Crippen molar-refractivity contribution < 1.29 is 24.2 Å². The van der Waals surface area contributed by atoms with E-state index in [9.17, 15) is 9.90 Å². The molecular formula is C31H35N3O5. The van der Waals surface area contributed by atoms with Crippen LogP contribution in [0.5, 0.6) is 5.75 Å². The summed E-state index contributed by atoms with van der Waals surface area (Å²) in [5, 5.41) is 21.4. The first-order chi connectivity index (χ1) is 19.0. The average molecular weight is 530 g/mol. The first-order valence-electron chi connectivity index (χ1n) is 13.5. The molecule has 1 saturated heterocycles. The van der Waals surface area contributed by atoms with Gasteiger partial charge >= 0.3 is 5.97 Å². The van der Waals surface area contributed by atoms with E-state index < -0.39 is 5.97 Å². The zero-order chi connectivity index (χ0) is 27.2. The first-order valence-corrected chi connectivity index (χ1v) is 13.5. The van der Waals surface area contributed by atoms with Crippen molar-refractivity contribution >= 4 is 17.1 Å². The maximum absolute atomic E-state index is 11.2. The SMILES string of the molecule is Cc1c(OCCCN2CC[C@H](C(=O)O)C2)cccc1-c1ccc2nc(-c3cccc(CNCCO)c3)oc2c1. The van der Waals surface area contributed by atoms with E-state index in [0.717, 1.165) is 70.6 Å². The molecule has 1 aliphatic rings. The second-order valence-corrected chi connectivity index (χ2v) is 10.1. The summed E-state index contributed by atoms with van der Waals surface area (Å²) in [5.74, 6) is 0.486. The third-order valence-corrected chi connectivity index (χ3v) is 7.27. The van der Waals surface area contributed by atoms with Crippen molar-refractivity contribution in [3.05, 3.63) is 71.8 Å². The van der Waals surface area contributed by atoms with Crippen LogP contribution in [0, 0.1) is 12.8 Å². The Morgan fingerprint density at radius 2 is 2.03 bits per heavy atom. The van der Waals surface area contributed by atoms with E-state index in [1.165, 1.54) is 0 Å².